The van der Waals surface area contributed by atoms with E-state index in [-0.39, 0.29) is 11.7 Å². The highest BCUT2D eigenvalue weighted by atomic mass is 32.2. The molecule has 24 heavy (non-hydrogen) atoms. The van der Waals surface area contributed by atoms with Gasteiger partial charge >= 0.3 is 5.97 Å². The zero-order chi connectivity index (χ0) is 17.5. The van der Waals surface area contributed by atoms with Gasteiger partial charge in [0.15, 0.2) is 5.82 Å². The van der Waals surface area contributed by atoms with Crippen molar-refractivity contribution in [1.29, 1.82) is 0 Å². The fourth-order valence-corrected chi connectivity index (χ4v) is 2.59. The summed E-state index contributed by atoms with van der Waals surface area (Å²) in [6, 6.07) is 6.58. The Labute approximate surface area is 143 Å². The van der Waals surface area contributed by atoms with Gasteiger partial charge in [0.25, 0.3) is 0 Å². The number of carbonyl (C=O) groups excluding carboxylic acids is 2. The van der Waals surface area contributed by atoms with Gasteiger partial charge in [0.05, 0.1) is 17.9 Å². The fourth-order valence-electron chi connectivity index (χ4n) is 1.91. The first-order valence-electron chi connectivity index (χ1n) is 7.44. The highest BCUT2D eigenvalue weighted by Gasteiger charge is 2.12. The molecule has 1 heterocycles. The first-order chi connectivity index (χ1) is 11.5. The van der Waals surface area contributed by atoms with Gasteiger partial charge in [0, 0.05) is 12.1 Å². The van der Waals surface area contributed by atoms with Crippen LogP contribution < -0.4 is 11.2 Å². The normalized spacial score (nSPS) is 10.4. The molecule has 3 N–H and O–H groups in total. The largest absolute Gasteiger partial charge is 0.462 e. The molecule has 0 aliphatic heterocycles. The van der Waals surface area contributed by atoms with Crippen molar-refractivity contribution in [1.82, 2.24) is 14.9 Å². The van der Waals surface area contributed by atoms with Crippen LogP contribution in [0, 0.1) is 0 Å². The van der Waals surface area contributed by atoms with Gasteiger partial charge in [-0.05, 0) is 25.1 Å². The molecule has 0 saturated heterocycles. The van der Waals surface area contributed by atoms with Crippen LogP contribution in [-0.2, 0) is 16.0 Å². The van der Waals surface area contributed by atoms with E-state index in [1.807, 2.05) is 6.92 Å². The Bertz CT molecular complexity index is 732. The van der Waals surface area contributed by atoms with Crippen LogP contribution in [0.2, 0.25) is 0 Å². The molecular formula is C15H19N5O3S. The lowest BCUT2D eigenvalue weighted by Gasteiger charge is -2.07. The predicted octanol–water partition coefficient (Wildman–Crippen LogP) is 1.46. The van der Waals surface area contributed by atoms with Crippen LogP contribution in [0.1, 0.15) is 30.0 Å². The van der Waals surface area contributed by atoms with Gasteiger partial charge in [-0.3, -0.25) is 4.79 Å². The minimum absolute atomic E-state index is 0.128. The van der Waals surface area contributed by atoms with Crippen molar-refractivity contribution in [3.63, 3.8) is 0 Å². The lowest BCUT2D eigenvalue weighted by Crippen LogP contribution is -2.17. The van der Waals surface area contributed by atoms with Crippen LogP contribution in [0.4, 0.5) is 5.69 Å². The molecule has 8 nitrogen and oxygen atoms in total. The standard InChI is InChI=1S/C15H19N5O3S/c1-3-12-18-19-15(20(12)16)24-9-13(21)17-11-7-5-6-10(8-11)14(22)23-4-2/h5-8H,3-4,9,16H2,1-2H3,(H,17,21). The van der Waals surface area contributed by atoms with E-state index in [1.54, 1.807) is 31.2 Å². The number of hydrogen-bond acceptors (Lipinski definition) is 7. The monoisotopic (exact) mass is 349 g/mol. The number of benzene rings is 1. The van der Waals surface area contributed by atoms with E-state index in [0.717, 1.165) is 0 Å². The highest BCUT2D eigenvalue weighted by molar-refractivity contribution is 7.99. The van der Waals surface area contributed by atoms with Gasteiger partial charge in [-0.1, -0.05) is 24.8 Å². The van der Waals surface area contributed by atoms with Crippen LogP contribution in [0.15, 0.2) is 29.4 Å². The van der Waals surface area contributed by atoms with Crippen molar-refractivity contribution < 1.29 is 14.3 Å². The van der Waals surface area contributed by atoms with Crippen LogP contribution >= 0.6 is 11.8 Å². The maximum Gasteiger partial charge on any atom is 0.338 e. The van der Waals surface area contributed by atoms with Gasteiger partial charge in [-0.2, -0.15) is 0 Å². The second-order valence-corrected chi connectivity index (χ2v) is 5.70. The summed E-state index contributed by atoms with van der Waals surface area (Å²) in [5.74, 6) is 5.94. The Balaban J connectivity index is 1.93. The number of rotatable bonds is 7. The van der Waals surface area contributed by atoms with Crippen LogP contribution in [0.5, 0.6) is 0 Å². The van der Waals surface area contributed by atoms with E-state index < -0.39 is 5.97 Å². The number of amides is 1. The first-order valence-corrected chi connectivity index (χ1v) is 8.42. The SMILES string of the molecule is CCOC(=O)c1cccc(NC(=O)CSc2nnc(CC)n2N)c1. The molecule has 0 fully saturated rings. The number of nitrogens with zero attached hydrogens (tertiary/aromatic N) is 3. The van der Waals surface area contributed by atoms with E-state index in [9.17, 15) is 9.59 Å². The Hall–Kier alpha value is -2.55. The third-order valence-electron chi connectivity index (χ3n) is 3.04. The number of aromatic nitrogens is 3. The molecule has 0 aliphatic rings. The summed E-state index contributed by atoms with van der Waals surface area (Å²) in [5.41, 5.74) is 0.909. The van der Waals surface area contributed by atoms with Crippen LogP contribution in [0.3, 0.4) is 0 Å². The molecule has 0 saturated carbocycles. The Morgan fingerprint density at radius 1 is 1.33 bits per heavy atom. The molecule has 1 aromatic heterocycles. The number of thioether (sulfide) groups is 1. The third kappa shape index (κ3) is 4.48. The number of nitrogen functional groups attached to an aromatic ring is 1. The number of carbonyl (C=O) groups is 2. The lowest BCUT2D eigenvalue weighted by molar-refractivity contribution is -0.113. The van der Waals surface area contributed by atoms with Crippen LogP contribution in [0.25, 0.3) is 0 Å². The second kappa shape index (κ2) is 8.34. The van der Waals surface area contributed by atoms with Crippen molar-refractivity contribution in [3.05, 3.63) is 35.7 Å². The average molecular weight is 349 g/mol. The molecule has 0 radical (unpaired) electrons. The summed E-state index contributed by atoms with van der Waals surface area (Å²) in [7, 11) is 0. The predicted molar refractivity (Wildman–Crippen MR) is 91.3 cm³/mol. The van der Waals surface area contributed by atoms with Gasteiger partial charge in [0.2, 0.25) is 11.1 Å². The molecule has 1 aromatic carbocycles. The molecular weight excluding hydrogens is 330 g/mol. The molecule has 2 rings (SSSR count). The quantitative estimate of drug-likeness (QED) is 0.442. The van der Waals surface area contributed by atoms with E-state index >= 15 is 0 Å². The maximum absolute atomic E-state index is 12.0. The van der Waals surface area contributed by atoms with Crippen LogP contribution in [-0.4, -0.2) is 39.1 Å². The van der Waals surface area contributed by atoms with Crippen molar-refractivity contribution in [2.75, 3.05) is 23.5 Å². The number of esters is 1. The molecule has 0 atom stereocenters. The molecule has 0 aliphatic carbocycles. The number of ether oxygens (including phenoxy) is 1. The molecule has 0 spiro atoms. The van der Waals surface area contributed by atoms with Crippen molar-refractivity contribution in [2.24, 2.45) is 0 Å². The summed E-state index contributed by atoms with van der Waals surface area (Å²) in [6.45, 7) is 3.96. The summed E-state index contributed by atoms with van der Waals surface area (Å²) >= 11 is 1.19. The average Bonchev–Trinajstić information content (AvgIpc) is 2.93. The maximum atomic E-state index is 12.0. The highest BCUT2D eigenvalue weighted by Crippen LogP contribution is 2.16. The van der Waals surface area contributed by atoms with Crippen molar-refractivity contribution in [3.8, 4) is 0 Å². The summed E-state index contributed by atoms with van der Waals surface area (Å²) in [5, 5.41) is 11.1. The number of aryl methyl sites for hydroxylation is 1. The Morgan fingerprint density at radius 3 is 2.79 bits per heavy atom. The molecule has 1 amide bonds. The molecule has 9 heteroatoms. The third-order valence-corrected chi connectivity index (χ3v) is 3.98. The van der Waals surface area contributed by atoms with E-state index in [4.69, 9.17) is 10.6 Å². The topological polar surface area (TPSA) is 112 Å². The lowest BCUT2D eigenvalue weighted by atomic mass is 10.2. The van der Waals surface area contributed by atoms with Crippen molar-refractivity contribution in [2.45, 2.75) is 25.4 Å². The summed E-state index contributed by atoms with van der Waals surface area (Å²) in [4.78, 5) is 23.7. The van der Waals surface area contributed by atoms with Gasteiger partial charge in [-0.15, -0.1) is 10.2 Å². The van der Waals surface area contributed by atoms with E-state index in [0.29, 0.717) is 35.3 Å². The first kappa shape index (κ1) is 17.8. The number of nitrogens with two attached hydrogens (primary N) is 1. The van der Waals surface area contributed by atoms with Gasteiger partial charge < -0.3 is 15.9 Å². The number of anilines is 1. The number of hydrogen-bond donors (Lipinski definition) is 2. The molecule has 0 unspecified atom stereocenters. The van der Waals surface area contributed by atoms with Gasteiger partial charge in [0.1, 0.15) is 0 Å². The fraction of sp³-hybridized carbons (Fsp3) is 0.333. The zero-order valence-electron chi connectivity index (χ0n) is 13.5. The van der Waals surface area contributed by atoms with E-state index in [1.165, 1.54) is 16.4 Å². The minimum Gasteiger partial charge on any atom is -0.462 e. The minimum atomic E-state index is -0.425. The number of nitrogens with one attached hydrogen (secondary N) is 1. The molecule has 2 aromatic rings. The second-order valence-electron chi connectivity index (χ2n) is 4.76. The smallest absolute Gasteiger partial charge is 0.338 e. The Morgan fingerprint density at radius 2 is 2.12 bits per heavy atom. The molecule has 128 valence electrons. The summed E-state index contributed by atoms with van der Waals surface area (Å²) in [6.07, 6.45) is 0.664. The zero-order valence-corrected chi connectivity index (χ0v) is 14.3. The Kier molecular flexibility index (Phi) is 6.19. The summed E-state index contributed by atoms with van der Waals surface area (Å²) < 4.78 is 6.31. The van der Waals surface area contributed by atoms with Crippen molar-refractivity contribution >= 4 is 29.3 Å². The van der Waals surface area contributed by atoms with E-state index in [2.05, 4.69) is 15.5 Å². The molecule has 0 bridgehead atoms. The van der Waals surface area contributed by atoms with Gasteiger partial charge in [-0.25, -0.2) is 9.47 Å².